The Bertz CT molecular complexity index is 2090. The van der Waals surface area contributed by atoms with Crippen LogP contribution in [0.2, 0.25) is 0 Å². The van der Waals surface area contributed by atoms with Crippen molar-refractivity contribution < 1.29 is 27.2 Å². The highest BCUT2D eigenvalue weighted by atomic mass is 19.4. The average Bonchev–Trinajstić information content (AvgIpc) is 3.67. The molecule has 2 aromatic heterocycles. The Balaban J connectivity index is 0.000000790. The number of nitrogens with one attached hydrogen (secondary N) is 2. The lowest BCUT2D eigenvalue weighted by Gasteiger charge is -2.35. The van der Waals surface area contributed by atoms with E-state index in [1.165, 1.54) is 29.9 Å². The second-order valence-corrected chi connectivity index (χ2v) is 13.5. The van der Waals surface area contributed by atoms with Crippen LogP contribution in [0.3, 0.4) is 0 Å². The van der Waals surface area contributed by atoms with Crippen LogP contribution < -0.4 is 16.3 Å². The van der Waals surface area contributed by atoms with Gasteiger partial charge >= 0.3 is 17.9 Å². The minimum absolute atomic E-state index is 0.0659. The molecule has 0 aliphatic heterocycles. The number of carbonyl (C=O) groups excluding carboxylic acids is 2. The summed E-state index contributed by atoms with van der Waals surface area (Å²) in [6.07, 6.45) is -2.43. The Labute approximate surface area is 299 Å². The molecular formula is C38H40F3N8O3+. The second-order valence-electron chi connectivity index (χ2n) is 13.5. The third-order valence-electron chi connectivity index (χ3n) is 8.63. The molecule has 1 saturated carbocycles. The van der Waals surface area contributed by atoms with Gasteiger partial charge in [-0.05, 0) is 68.3 Å². The minimum Gasteiger partial charge on any atom is -0.350 e. The molecule has 14 heteroatoms. The number of rotatable bonds is 8. The average molecular weight is 714 g/mol. The number of hydrogen-bond acceptors (Lipinski definition) is 5. The number of aromatic nitrogens is 4. The quantitative estimate of drug-likeness (QED) is 0.205. The summed E-state index contributed by atoms with van der Waals surface area (Å²) in [6, 6.07) is 25.2. The van der Waals surface area contributed by atoms with Crippen LogP contribution in [0.5, 0.6) is 0 Å². The van der Waals surface area contributed by atoms with E-state index in [-0.39, 0.29) is 34.9 Å². The van der Waals surface area contributed by atoms with Gasteiger partial charge in [0.2, 0.25) is 5.91 Å². The maximum Gasteiger partial charge on any atom is 0.416 e. The van der Waals surface area contributed by atoms with Crippen molar-refractivity contribution in [2.45, 2.75) is 32.0 Å². The number of quaternary nitrogens is 1. The molecule has 0 spiro atoms. The van der Waals surface area contributed by atoms with Gasteiger partial charge in [0.1, 0.15) is 5.69 Å². The highest BCUT2D eigenvalue weighted by Gasteiger charge is 2.37. The number of halogens is 3. The molecule has 11 nitrogen and oxygen atoms in total. The van der Waals surface area contributed by atoms with Gasteiger partial charge < -0.3 is 15.1 Å². The SMILES string of the molecule is Cc1c(-c2ccnn2-c2ccc(C#N)cc2)n(C(=O)N[C@H]2C[C@H](C(=O)NCC[N+](C)(C)C)C2)c(=O)n1-c1cccc(C(F)(F)F)c1.c1ccccc1. The first-order valence-corrected chi connectivity index (χ1v) is 16.6. The van der Waals surface area contributed by atoms with Gasteiger partial charge in [-0.15, -0.1) is 0 Å². The van der Waals surface area contributed by atoms with Gasteiger partial charge in [0, 0.05) is 12.0 Å². The van der Waals surface area contributed by atoms with E-state index in [2.05, 4.69) is 15.7 Å². The number of benzene rings is 3. The van der Waals surface area contributed by atoms with E-state index in [9.17, 15) is 32.8 Å². The first-order valence-electron chi connectivity index (χ1n) is 16.6. The molecule has 0 unspecified atom stereocenters. The van der Waals surface area contributed by atoms with Crippen LogP contribution in [0, 0.1) is 24.2 Å². The fourth-order valence-electron chi connectivity index (χ4n) is 5.82. The predicted molar refractivity (Wildman–Crippen MR) is 190 cm³/mol. The summed E-state index contributed by atoms with van der Waals surface area (Å²) in [5.41, 5.74) is -0.284. The van der Waals surface area contributed by atoms with Crippen molar-refractivity contribution >= 4 is 11.9 Å². The molecule has 3 aromatic carbocycles. The topological polar surface area (TPSA) is 127 Å². The van der Waals surface area contributed by atoms with Gasteiger partial charge in [-0.25, -0.2) is 18.8 Å². The van der Waals surface area contributed by atoms with Crippen molar-refractivity contribution in [3.63, 3.8) is 0 Å². The predicted octanol–water partition coefficient (Wildman–Crippen LogP) is 5.54. The van der Waals surface area contributed by atoms with Crippen LogP contribution >= 0.6 is 0 Å². The summed E-state index contributed by atoms with van der Waals surface area (Å²) in [4.78, 5) is 40.3. The molecule has 6 rings (SSSR count). The van der Waals surface area contributed by atoms with Crippen molar-refractivity contribution in [1.29, 1.82) is 5.26 Å². The number of nitriles is 1. The number of nitrogens with zero attached hydrogens (tertiary/aromatic N) is 6. The minimum atomic E-state index is -4.65. The summed E-state index contributed by atoms with van der Waals surface area (Å²) >= 11 is 0. The molecule has 1 aliphatic carbocycles. The zero-order valence-corrected chi connectivity index (χ0v) is 29.3. The Kier molecular flexibility index (Phi) is 11.1. The first-order chi connectivity index (χ1) is 24.7. The molecule has 2 heterocycles. The Morgan fingerprint density at radius 3 is 2.15 bits per heavy atom. The smallest absolute Gasteiger partial charge is 0.350 e. The zero-order valence-electron chi connectivity index (χ0n) is 29.3. The monoisotopic (exact) mass is 713 g/mol. The van der Waals surface area contributed by atoms with Gasteiger partial charge in [-0.3, -0.25) is 9.36 Å². The number of hydrogen-bond donors (Lipinski definition) is 2. The normalized spacial score (nSPS) is 15.4. The molecule has 1 fully saturated rings. The fraction of sp³-hybridized carbons (Fsp3) is 0.289. The van der Waals surface area contributed by atoms with E-state index >= 15 is 0 Å². The standard InChI is InChI=1S/C32H33F3N8O3.C6H6/c1-20-28(27-12-13-38-42(27)25-10-8-21(19-36)9-11-25)41(31(46)40(20)26-7-5-6-23(18-26)32(33,34)35)30(45)39-24-16-22(17-24)29(44)37-14-15-43(2,3)4;1-2-4-6-5-3-1/h5-13,18,22,24H,14-17H2,1-4H3,(H-,37,39,44,45);1-6H/p+1/t22-,24-;. The van der Waals surface area contributed by atoms with Crippen molar-refractivity contribution in [3.8, 4) is 28.8 Å². The molecule has 2 N–H and O–H groups in total. The summed E-state index contributed by atoms with van der Waals surface area (Å²) in [5, 5.41) is 19.3. The summed E-state index contributed by atoms with van der Waals surface area (Å²) < 4.78 is 44.9. The van der Waals surface area contributed by atoms with Crippen molar-refractivity contribution in [2.75, 3.05) is 34.2 Å². The summed E-state index contributed by atoms with van der Waals surface area (Å²) in [7, 11) is 6.07. The number of carbonyl (C=O) groups is 2. The van der Waals surface area contributed by atoms with Gasteiger partial charge in [-0.2, -0.15) is 23.5 Å². The number of imidazole rings is 1. The van der Waals surface area contributed by atoms with Crippen LogP contribution in [0.1, 0.15) is 29.7 Å². The number of likely N-dealkylation sites (N-methyl/N-ethyl adjacent to an activating group) is 1. The van der Waals surface area contributed by atoms with Gasteiger partial charge in [0.25, 0.3) is 0 Å². The van der Waals surface area contributed by atoms with Gasteiger partial charge in [0.15, 0.2) is 0 Å². The van der Waals surface area contributed by atoms with E-state index in [1.54, 1.807) is 30.3 Å². The van der Waals surface area contributed by atoms with Crippen LogP contribution in [-0.4, -0.2) is 75.6 Å². The lowest BCUT2D eigenvalue weighted by atomic mass is 9.79. The van der Waals surface area contributed by atoms with E-state index in [4.69, 9.17) is 0 Å². The molecule has 0 radical (unpaired) electrons. The maximum absolute atomic E-state index is 14.0. The Morgan fingerprint density at radius 2 is 1.58 bits per heavy atom. The molecule has 5 aromatic rings. The first kappa shape index (κ1) is 37.3. The van der Waals surface area contributed by atoms with Crippen molar-refractivity contribution in [1.82, 2.24) is 29.5 Å². The largest absolute Gasteiger partial charge is 0.416 e. The molecular weight excluding hydrogens is 673 g/mol. The molecule has 2 amide bonds. The molecule has 270 valence electrons. The van der Waals surface area contributed by atoms with Gasteiger partial charge in [-0.1, -0.05) is 42.5 Å². The molecule has 0 atom stereocenters. The number of alkyl halides is 3. The fourth-order valence-corrected chi connectivity index (χ4v) is 5.82. The lowest BCUT2D eigenvalue weighted by Crippen LogP contribution is -2.52. The third kappa shape index (κ3) is 8.67. The van der Waals surface area contributed by atoms with E-state index in [1.807, 2.05) is 63.6 Å². The Hall–Kier alpha value is -5.94. The molecule has 1 aliphatic rings. The highest BCUT2D eigenvalue weighted by molar-refractivity contribution is 5.84. The van der Waals surface area contributed by atoms with Crippen LogP contribution in [0.15, 0.2) is 102 Å². The lowest BCUT2D eigenvalue weighted by molar-refractivity contribution is -0.869. The molecule has 0 saturated heterocycles. The van der Waals surface area contributed by atoms with E-state index in [0.29, 0.717) is 40.8 Å². The third-order valence-corrected chi connectivity index (χ3v) is 8.63. The van der Waals surface area contributed by atoms with Crippen LogP contribution in [-0.2, 0) is 11.0 Å². The highest BCUT2D eigenvalue weighted by Crippen LogP contribution is 2.33. The van der Waals surface area contributed by atoms with Gasteiger partial charge in [0.05, 0.1) is 80.4 Å². The van der Waals surface area contributed by atoms with Crippen molar-refractivity contribution in [2.24, 2.45) is 5.92 Å². The summed E-state index contributed by atoms with van der Waals surface area (Å²) in [6.45, 7) is 2.81. The molecule has 52 heavy (non-hydrogen) atoms. The number of amides is 2. The molecule has 0 bridgehead atoms. The summed E-state index contributed by atoms with van der Waals surface area (Å²) in [5.74, 6) is -0.391. The second kappa shape index (κ2) is 15.5. The van der Waals surface area contributed by atoms with Crippen molar-refractivity contribution in [3.05, 3.63) is 124 Å². The van der Waals surface area contributed by atoms with E-state index in [0.717, 1.165) is 27.8 Å². The van der Waals surface area contributed by atoms with Crippen LogP contribution in [0.4, 0.5) is 18.0 Å². The Morgan fingerprint density at radius 1 is 0.942 bits per heavy atom. The zero-order chi connectivity index (χ0) is 37.6. The maximum atomic E-state index is 14.0. The van der Waals surface area contributed by atoms with Crippen LogP contribution in [0.25, 0.3) is 22.8 Å². The van der Waals surface area contributed by atoms with E-state index < -0.39 is 23.5 Å².